The molecule has 2 aromatic rings. The summed E-state index contributed by atoms with van der Waals surface area (Å²) in [7, 11) is -1.07. The summed E-state index contributed by atoms with van der Waals surface area (Å²) in [5.74, 6) is 3.25. The number of rotatable bonds is 5. The molecule has 0 amide bonds. The number of piperidine rings is 2. The SMILES string of the molecule is O=[S@]1c2c(nc(N3CC4CC(C3)C4c3ccc(Cl)cc3)nc2NC2(CO)CCC2)CC12CC2. The van der Waals surface area contributed by atoms with Gasteiger partial charge < -0.3 is 15.3 Å². The van der Waals surface area contributed by atoms with Crippen LogP contribution in [-0.4, -0.2) is 49.3 Å². The number of hydrogen-bond donors (Lipinski definition) is 2. The van der Waals surface area contributed by atoms with Gasteiger partial charge in [-0.1, -0.05) is 23.7 Å². The third kappa shape index (κ3) is 3.11. The zero-order chi connectivity index (χ0) is 22.4. The number of hydrogen-bond acceptors (Lipinski definition) is 6. The average Bonchev–Trinajstić information content (AvgIpc) is 3.51. The van der Waals surface area contributed by atoms with E-state index in [0.29, 0.717) is 23.6 Å². The van der Waals surface area contributed by atoms with E-state index in [1.54, 1.807) is 0 Å². The molecule has 2 unspecified atom stereocenters. The highest BCUT2D eigenvalue weighted by Crippen LogP contribution is 2.55. The van der Waals surface area contributed by atoms with Crippen molar-refractivity contribution in [2.45, 2.75) is 66.0 Å². The number of anilines is 2. The normalized spacial score (nSPS) is 32.1. The van der Waals surface area contributed by atoms with E-state index >= 15 is 0 Å². The monoisotopic (exact) mass is 484 g/mol. The molecule has 2 N–H and O–H groups in total. The molecule has 174 valence electrons. The summed E-state index contributed by atoms with van der Waals surface area (Å²) in [4.78, 5) is 13.1. The Morgan fingerprint density at radius 1 is 1.12 bits per heavy atom. The summed E-state index contributed by atoms with van der Waals surface area (Å²) in [5.41, 5.74) is 2.02. The molecule has 1 spiro atoms. The first kappa shape index (κ1) is 20.7. The molecule has 2 bridgehead atoms. The Labute approximate surface area is 201 Å². The molecule has 5 fully saturated rings. The number of fused-ring (bicyclic) bond motifs is 3. The van der Waals surface area contributed by atoms with Crippen LogP contribution in [0.15, 0.2) is 29.2 Å². The van der Waals surface area contributed by atoms with Crippen LogP contribution >= 0.6 is 11.6 Å². The van der Waals surface area contributed by atoms with Crippen molar-refractivity contribution in [2.24, 2.45) is 11.8 Å². The smallest absolute Gasteiger partial charge is 0.227 e. The lowest BCUT2D eigenvalue weighted by atomic mass is 9.59. The van der Waals surface area contributed by atoms with E-state index in [-0.39, 0.29) is 16.9 Å². The van der Waals surface area contributed by atoms with Gasteiger partial charge in [-0.25, -0.2) is 4.98 Å². The van der Waals surface area contributed by atoms with Crippen LogP contribution in [0.25, 0.3) is 0 Å². The van der Waals surface area contributed by atoms with Crippen LogP contribution in [0.2, 0.25) is 5.02 Å². The third-order valence-electron chi connectivity index (χ3n) is 8.87. The standard InChI is InChI=1S/C25H29ClN4O2S/c26-18-4-2-15(3-5-18)20-16-10-17(20)13-30(12-16)23-27-19-11-25(8-9-25)33(32)21(19)22(28-23)29-24(14-31)6-1-7-24/h2-5,16-17,20,31H,1,6-14H2,(H,27,28,29)/t16?,17?,20?,33-/m0/s1. The van der Waals surface area contributed by atoms with Crippen molar-refractivity contribution in [1.82, 2.24) is 9.97 Å². The first-order valence-electron chi connectivity index (χ1n) is 12.2. The lowest BCUT2D eigenvalue weighted by Crippen LogP contribution is -2.54. The van der Waals surface area contributed by atoms with Gasteiger partial charge in [0.25, 0.3) is 0 Å². The molecule has 1 aromatic heterocycles. The highest BCUT2D eigenvalue weighted by Gasteiger charge is 2.56. The number of halogens is 1. The molecule has 3 saturated carbocycles. The van der Waals surface area contributed by atoms with E-state index in [4.69, 9.17) is 21.6 Å². The predicted octanol–water partition coefficient (Wildman–Crippen LogP) is 3.89. The second kappa shape index (κ2) is 7.15. The highest BCUT2D eigenvalue weighted by molar-refractivity contribution is 7.87. The first-order valence-corrected chi connectivity index (χ1v) is 13.7. The van der Waals surface area contributed by atoms with Gasteiger partial charge in [-0.15, -0.1) is 0 Å². The van der Waals surface area contributed by atoms with Crippen molar-refractivity contribution in [3.05, 3.63) is 40.5 Å². The number of aliphatic hydroxyl groups is 1. The van der Waals surface area contributed by atoms with Crippen LogP contribution in [0.1, 0.15) is 55.7 Å². The van der Waals surface area contributed by atoms with Crippen LogP contribution in [0, 0.1) is 11.8 Å². The summed E-state index contributed by atoms with van der Waals surface area (Å²) in [5, 5.41) is 14.4. The second-order valence-corrected chi connectivity index (χ2v) is 13.2. The zero-order valence-corrected chi connectivity index (χ0v) is 20.2. The van der Waals surface area contributed by atoms with Gasteiger partial charge in [0.05, 0.1) is 33.4 Å². The van der Waals surface area contributed by atoms with Crippen molar-refractivity contribution in [3.63, 3.8) is 0 Å². The molecule has 1 aromatic carbocycles. The fraction of sp³-hybridized carbons (Fsp3) is 0.600. The Bertz CT molecular complexity index is 1130. The molecule has 3 aliphatic heterocycles. The summed E-state index contributed by atoms with van der Waals surface area (Å²) in [6, 6.07) is 8.34. The van der Waals surface area contributed by atoms with Gasteiger partial charge in [-0.2, -0.15) is 4.98 Å². The number of aromatic nitrogens is 2. The minimum absolute atomic E-state index is 0.0789. The summed E-state index contributed by atoms with van der Waals surface area (Å²) in [6.07, 6.45) is 7.00. The molecule has 6 nitrogen and oxygen atoms in total. The maximum atomic E-state index is 13.4. The molecule has 2 saturated heterocycles. The summed E-state index contributed by atoms with van der Waals surface area (Å²) < 4.78 is 13.2. The van der Waals surface area contributed by atoms with E-state index in [1.807, 2.05) is 12.1 Å². The Morgan fingerprint density at radius 3 is 2.45 bits per heavy atom. The molecule has 8 heteroatoms. The molecular formula is C25H29ClN4O2S. The van der Waals surface area contributed by atoms with Crippen molar-refractivity contribution >= 4 is 34.2 Å². The van der Waals surface area contributed by atoms with Crippen molar-refractivity contribution < 1.29 is 9.32 Å². The Morgan fingerprint density at radius 2 is 1.85 bits per heavy atom. The average molecular weight is 485 g/mol. The third-order valence-corrected chi connectivity index (χ3v) is 11.3. The van der Waals surface area contributed by atoms with Gasteiger partial charge >= 0.3 is 0 Å². The molecule has 4 heterocycles. The Kier molecular flexibility index (Phi) is 4.48. The molecular weight excluding hydrogens is 456 g/mol. The molecule has 3 aliphatic carbocycles. The van der Waals surface area contributed by atoms with E-state index in [0.717, 1.165) is 73.2 Å². The van der Waals surface area contributed by atoms with Crippen molar-refractivity contribution in [3.8, 4) is 0 Å². The topological polar surface area (TPSA) is 78.4 Å². The molecule has 3 atom stereocenters. The maximum Gasteiger partial charge on any atom is 0.227 e. The van der Waals surface area contributed by atoms with E-state index in [2.05, 4.69) is 22.3 Å². The van der Waals surface area contributed by atoms with Gasteiger partial charge in [0.15, 0.2) is 0 Å². The van der Waals surface area contributed by atoms with Crippen molar-refractivity contribution in [1.29, 1.82) is 0 Å². The maximum absolute atomic E-state index is 13.4. The highest BCUT2D eigenvalue weighted by atomic mass is 35.5. The van der Waals surface area contributed by atoms with Crippen LogP contribution < -0.4 is 10.2 Å². The molecule has 6 aliphatic rings. The van der Waals surface area contributed by atoms with Gasteiger partial charge in [-0.3, -0.25) is 4.21 Å². The Hall–Kier alpha value is -1.70. The fourth-order valence-electron chi connectivity index (χ4n) is 6.57. The van der Waals surface area contributed by atoms with Crippen LogP contribution in [0.4, 0.5) is 11.8 Å². The number of benzene rings is 1. The van der Waals surface area contributed by atoms with Crippen molar-refractivity contribution in [2.75, 3.05) is 29.9 Å². The van der Waals surface area contributed by atoms with E-state index in [1.165, 1.54) is 12.0 Å². The number of aliphatic hydroxyl groups excluding tert-OH is 1. The first-order chi connectivity index (χ1) is 16.0. The zero-order valence-electron chi connectivity index (χ0n) is 18.6. The predicted molar refractivity (Wildman–Crippen MR) is 129 cm³/mol. The Balaban J connectivity index is 1.19. The van der Waals surface area contributed by atoms with Crippen LogP contribution in [-0.2, 0) is 17.2 Å². The number of nitrogens with zero attached hydrogens (tertiary/aromatic N) is 3. The van der Waals surface area contributed by atoms with Gasteiger partial charge in [0, 0.05) is 24.5 Å². The molecule has 8 rings (SSSR count). The van der Waals surface area contributed by atoms with Gasteiger partial charge in [-0.05, 0) is 74.0 Å². The summed E-state index contributed by atoms with van der Waals surface area (Å²) >= 11 is 6.10. The minimum atomic E-state index is -1.07. The minimum Gasteiger partial charge on any atom is -0.394 e. The lowest BCUT2D eigenvalue weighted by Gasteiger charge is -2.54. The van der Waals surface area contributed by atoms with E-state index in [9.17, 15) is 9.32 Å². The number of nitrogens with one attached hydrogen (secondary N) is 1. The van der Waals surface area contributed by atoms with E-state index < -0.39 is 10.8 Å². The van der Waals surface area contributed by atoms with Gasteiger partial charge in [0.2, 0.25) is 5.95 Å². The lowest BCUT2D eigenvalue weighted by molar-refractivity contribution is 0.110. The van der Waals surface area contributed by atoms with Crippen LogP contribution in [0.5, 0.6) is 0 Å². The van der Waals surface area contributed by atoms with Gasteiger partial charge in [0.1, 0.15) is 10.7 Å². The quantitative estimate of drug-likeness (QED) is 0.670. The second-order valence-electron chi connectivity index (χ2n) is 10.9. The molecule has 0 radical (unpaired) electrons. The summed E-state index contributed by atoms with van der Waals surface area (Å²) in [6.45, 7) is 1.97. The van der Waals surface area contributed by atoms with Crippen LogP contribution in [0.3, 0.4) is 0 Å². The fourth-order valence-corrected chi connectivity index (χ4v) is 8.48. The molecule has 33 heavy (non-hydrogen) atoms. The largest absolute Gasteiger partial charge is 0.394 e.